The number of nitrogens with zero attached hydrogens (tertiary/aromatic N) is 1. The monoisotopic (exact) mass is 323 g/mol. The molecule has 0 aliphatic carbocycles. The van der Waals surface area contributed by atoms with E-state index in [4.69, 9.17) is 4.74 Å². The Morgan fingerprint density at radius 3 is 2.60 bits per heavy atom. The molecule has 0 unspecified atom stereocenters. The number of likely N-dealkylation sites (N-methyl/N-ethyl adjacent to an activating group) is 2. The van der Waals surface area contributed by atoms with Crippen molar-refractivity contribution in [3.8, 4) is 5.75 Å². The average Bonchev–Trinajstić information content (AvgIpc) is 2.29. The summed E-state index contributed by atoms with van der Waals surface area (Å²) in [5.41, 5.74) is 0.748. The Morgan fingerprint density at radius 1 is 1.30 bits per heavy atom. The van der Waals surface area contributed by atoms with Crippen LogP contribution in [0, 0.1) is 0 Å². The molecule has 0 bridgehead atoms. The minimum Gasteiger partial charge on any atom is -0.492 e. The second-order valence-corrected chi connectivity index (χ2v) is 4.26. The molecule has 116 valence electrons. The third-order valence-corrected chi connectivity index (χ3v) is 2.26. The average molecular weight is 324 g/mol. The van der Waals surface area contributed by atoms with Gasteiger partial charge in [0.05, 0.1) is 6.54 Å². The van der Waals surface area contributed by atoms with Crippen LogP contribution in [0.4, 0.5) is 5.69 Å². The van der Waals surface area contributed by atoms with E-state index in [0.29, 0.717) is 13.2 Å². The second-order valence-electron chi connectivity index (χ2n) is 4.26. The van der Waals surface area contributed by atoms with Gasteiger partial charge in [-0.1, -0.05) is 6.07 Å². The molecule has 7 heteroatoms. The molecule has 0 aromatic heterocycles. The van der Waals surface area contributed by atoms with Crippen LogP contribution < -0.4 is 15.4 Å². The van der Waals surface area contributed by atoms with Crippen LogP contribution in [-0.4, -0.2) is 51.6 Å². The maximum absolute atomic E-state index is 11.4. The lowest BCUT2D eigenvalue weighted by atomic mass is 10.3. The number of halogens is 2. The number of carbonyl (C=O) groups is 1. The molecule has 0 aliphatic rings. The van der Waals surface area contributed by atoms with Gasteiger partial charge in [-0.15, -0.1) is 24.8 Å². The highest BCUT2D eigenvalue weighted by atomic mass is 35.5. The lowest BCUT2D eigenvalue weighted by molar-refractivity contribution is -0.115. The maximum Gasteiger partial charge on any atom is 0.238 e. The summed E-state index contributed by atoms with van der Waals surface area (Å²) in [5, 5.41) is 5.59. The maximum atomic E-state index is 11.4. The van der Waals surface area contributed by atoms with Gasteiger partial charge in [0.15, 0.2) is 0 Å². The molecule has 5 nitrogen and oxygen atoms in total. The number of anilines is 1. The number of carbonyl (C=O) groups excluding carboxylic acids is 1. The molecule has 0 atom stereocenters. The van der Waals surface area contributed by atoms with Crippen molar-refractivity contribution in [2.75, 3.05) is 46.2 Å². The molecule has 0 saturated heterocycles. The first-order chi connectivity index (χ1) is 8.61. The highest BCUT2D eigenvalue weighted by molar-refractivity contribution is 5.92. The van der Waals surface area contributed by atoms with Crippen molar-refractivity contribution >= 4 is 36.4 Å². The lowest BCUT2D eigenvalue weighted by Gasteiger charge is -2.12. The van der Waals surface area contributed by atoms with E-state index in [1.807, 2.05) is 38.4 Å². The van der Waals surface area contributed by atoms with Crippen LogP contribution in [0.5, 0.6) is 5.75 Å². The molecule has 1 aromatic rings. The zero-order chi connectivity index (χ0) is 13.4. The molecule has 1 amide bonds. The van der Waals surface area contributed by atoms with E-state index >= 15 is 0 Å². The number of amides is 1. The van der Waals surface area contributed by atoms with Gasteiger partial charge in [-0.2, -0.15) is 0 Å². The van der Waals surface area contributed by atoms with Gasteiger partial charge in [-0.05, 0) is 33.3 Å². The van der Waals surface area contributed by atoms with Crippen LogP contribution in [0.3, 0.4) is 0 Å². The van der Waals surface area contributed by atoms with Crippen molar-refractivity contribution in [1.29, 1.82) is 0 Å². The Kier molecular flexibility index (Phi) is 12.5. The number of ether oxygens (including phenoxy) is 1. The molecule has 1 aromatic carbocycles. The molecule has 0 heterocycles. The molecular formula is C13H23Cl2N3O2. The number of benzene rings is 1. The molecule has 0 aliphatic heterocycles. The number of hydrogen-bond donors (Lipinski definition) is 2. The zero-order valence-corrected chi connectivity index (χ0v) is 13.6. The topological polar surface area (TPSA) is 53.6 Å². The highest BCUT2D eigenvalue weighted by Crippen LogP contribution is 2.17. The first-order valence-electron chi connectivity index (χ1n) is 5.94. The smallest absolute Gasteiger partial charge is 0.238 e. The van der Waals surface area contributed by atoms with Crippen molar-refractivity contribution in [2.45, 2.75) is 0 Å². The van der Waals surface area contributed by atoms with Gasteiger partial charge in [0.25, 0.3) is 0 Å². The standard InChI is InChI=1S/C13H21N3O2.2ClH/c1-14-10-13(17)15-11-5-4-6-12(9-11)18-8-7-16(2)3;;/h4-6,9,14H,7-8,10H2,1-3H3,(H,15,17);2*1H. The zero-order valence-electron chi connectivity index (χ0n) is 12.0. The van der Waals surface area contributed by atoms with Gasteiger partial charge >= 0.3 is 0 Å². The molecule has 20 heavy (non-hydrogen) atoms. The number of hydrogen-bond acceptors (Lipinski definition) is 4. The van der Waals surface area contributed by atoms with Gasteiger partial charge in [0.1, 0.15) is 12.4 Å². The van der Waals surface area contributed by atoms with Crippen molar-refractivity contribution in [3.05, 3.63) is 24.3 Å². The Bertz CT molecular complexity index is 390. The molecule has 0 saturated carbocycles. The third kappa shape index (κ3) is 8.98. The largest absolute Gasteiger partial charge is 0.492 e. The van der Waals surface area contributed by atoms with E-state index in [9.17, 15) is 4.79 Å². The van der Waals surface area contributed by atoms with Crippen LogP contribution in [-0.2, 0) is 4.79 Å². The van der Waals surface area contributed by atoms with E-state index < -0.39 is 0 Å². The van der Waals surface area contributed by atoms with Gasteiger partial charge in [-0.25, -0.2) is 0 Å². The summed E-state index contributed by atoms with van der Waals surface area (Å²) in [6, 6.07) is 7.40. The minimum absolute atomic E-state index is 0. The first-order valence-corrected chi connectivity index (χ1v) is 5.94. The number of nitrogens with one attached hydrogen (secondary N) is 2. The molecular weight excluding hydrogens is 301 g/mol. The Balaban J connectivity index is 0. The summed E-state index contributed by atoms with van der Waals surface area (Å²) in [4.78, 5) is 13.5. The third-order valence-electron chi connectivity index (χ3n) is 2.26. The summed E-state index contributed by atoms with van der Waals surface area (Å²) in [6.45, 7) is 1.78. The fourth-order valence-corrected chi connectivity index (χ4v) is 1.38. The summed E-state index contributed by atoms with van der Waals surface area (Å²) >= 11 is 0. The fourth-order valence-electron chi connectivity index (χ4n) is 1.38. The van der Waals surface area contributed by atoms with Crippen molar-refractivity contribution < 1.29 is 9.53 Å². The van der Waals surface area contributed by atoms with Gasteiger partial charge in [-0.3, -0.25) is 4.79 Å². The number of rotatable bonds is 7. The van der Waals surface area contributed by atoms with Crippen molar-refractivity contribution in [2.24, 2.45) is 0 Å². The predicted molar refractivity (Wildman–Crippen MR) is 87.5 cm³/mol. The van der Waals surface area contributed by atoms with E-state index in [-0.39, 0.29) is 30.7 Å². The van der Waals surface area contributed by atoms with E-state index in [0.717, 1.165) is 18.0 Å². The molecule has 0 radical (unpaired) electrons. The summed E-state index contributed by atoms with van der Waals surface area (Å²) < 4.78 is 5.59. The molecule has 2 N–H and O–H groups in total. The van der Waals surface area contributed by atoms with Gasteiger partial charge in [0, 0.05) is 18.3 Å². The minimum atomic E-state index is -0.0667. The lowest BCUT2D eigenvalue weighted by Crippen LogP contribution is -2.25. The molecule has 0 fully saturated rings. The van der Waals surface area contributed by atoms with E-state index in [2.05, 4.69) is 15.5 Å². The van der Waals surface area contributed by atoms with Crippen LogP contribution in [0.15, 0.2) is 24.3 Å². The Morgan fingerprint density at radius 2 is 2.00 bits per heavy atom. The highest BCUT2D eigenvalue weighted by Gasteiger charge is 2.02. The molecule has 1 rings (SSSR count). The van der Waals surface area contributed by atoms with Gasteiger partial charge < -0.3 is 20.3 Å². The SMILES string of the molecule is CNCC(=O)Nc1cccc(OCCN(C)C)c1.Cl.Cl. The first kappa shape index (κ1) is 21.3. The van der Waals surface area contributed by atoms with Crippen molar-refractivity contribution in [1.82, 2.24) is 10.2 Å². The molecule has 0 spiro atoms. The summed E-state index contributed by atoms with van der Waals surface area (Å²) in [6.07, 6.45) is 0. The van der Waals surface area contributed by atoms with Crippen LogP contribution >= 0.6 is 24.8 Å². The van der Waals surface area contributed by atoms with E-state index in [1.54, 1.807) is 7.05 Å². The summed E-state index contributed by atoms with van der Waals surface area (Å²) in [7, 11) is 5.73. The second kappa shape index (κ2) is 11.8. The Labute approximate surface area is 132 Å². The van der Waals surface area contributed by atoms with Crippen LogP contribution in [0.1, 0.15) is 0 Å². The normalized spacial score (nSPS) is 9.40. The fraction of sp³-hybridized carbons (Fsp3) is 0.462. The quantitative estimate of drug-likeness (QED) is 0.800. The summed E-state index contributed by atoms with van der Waals surface area (Å²) in [5.74, 6) is 0.696. The predicted octanol–water partition coefficient (Wildman–Crippen LogP) is 1.63. The Hall–Kier alpha value is -1.01. The van der Waals surface area contributed by atoms with Crippen molar-refractivity contribution in [3.63, 3.8) is 0 Å². The van der Waals surface area contributed by atoms with Gasteiger partial charge in [0.2, 0.25) is 5.91 Å². The van der Waals surface area contributed by atoms with Crippen LogP contribution in [0.2, 0.25) is 0 Å². The van der Waals surface area contributed by atoms with E-state index in [1.165, 1.54) is 0 Å². The van der Waals surface area contributed by atoms with Crippen LogP contribution in [0.25, 0.3) is 0 Å².